The zero-order chi connectivity index (χ0) is 14.1. The number of carbonyl (C=O) groups excluding carboxylic acids is 1. The van der Waals surface area contributed by atoms with E-state index in [4.69, 9.17) is 0 Å². The Morgan fingerprint density at radius 3 is 2.53 bits per heavy atom. The Balaban J connectivity index is 2.35. The molecule has 5 heteroatoms. The van der Waals surface area contributed by atoms with Gasteiger partial charge in [-0.3, -0.25) is 4.21 Å². The normalized spacial score (nSPS) is 11.9. The lowest BCUT2D eigenvalue weighted by Crippen LogP contribution is -2.31. The molecule has 1 atom stereocenters. The summed E-state index contributed by atoms with van der Waals surface area (Å²) in [5.41, 5.74) is 2.06. The van der Waals surface area contributed by atoms with Crippen LogP contribution < -0.4 is 10.6 Å². The molecule has 0 heterocycles. The summed E-state index contributed by atoms with van der Waals surface area (Å²) in [5, 5.41) is 5.42. The van der Waals surface area contributed by atoms with E-state index in [1.807, 2.05) is 24.3 Å². The molecule has 2 amide bonds. The largest absolute Gasteiger partial charge is 0.337 e. The minimum absolute atomic E-state index is 0.258. The molecule has 106 valence electrons. The summed E-state index contributed by atoms with van der Waals surface area (Å²) in [6, 6.07) is 7.62. The van der Waals surface area contributed by atoms with Crippen molar-refractivity contribution in [2.24, 2.45) is 0 Å². The maximum absolute atomic E-state index is 11.5. The summed E-state index contributed by atoms with van der Waals surface area (Å²) in [5.74, 6) is 0.476. The van der Waals surface area contributed by atoms with Crippen LogP contribution >= 0.6 is 0 Å². The number of urea groups is 1. The molecule has 0 fully saturated rings. The Labute approximate surface area is 117 Å². The van der Waals surface area contributed by atoms with Gasteiger partial charge in [0, 0.05) is 35.0 Å². The van der Waals surface area contributed by atoms with E-state index >= 15 is 0 Å². The summed E-state index contributed by atoms with van der Waals surface area (Å²) in [7, 11) is -0.877. The molecule has 0 aromatic heterocycles. The molecule has 2 N–H and O–H groups in total. The highest BCUT2D eigenvalue weighted by atomic mass is 32.2. The number of unbranched alkanes of at least 4 members (excludes halogenated alkanes) is 1. The van der Waals surface area contributed by atoms with Crippen molar-refractivity contribution in [3.05, 3.63) is 29.8 Å². The SMILES string of the molecule is CCCCc1ccc(NC(=O)NCC[S@](C)=O)cc1. The van der Waals surface area contributed by atoms with Gasteiger partial charge in [-0.25, -0.2) is 4.79 Å². The lowest BCUT2D eigenvalue weighted by molar-refractivity contribution is 0.252. The number of aryl methyl sites for hydroxylation is 1. The number of hydrogen-bond donors (Lipinski definition) is 2. The quantitative estimate of drug-likeness (QED) is 0.807. The number of anilines is 1. The van der Waals surface area contributed by atoms with E-state index in [1.165, 1.54) is 18.4 Å². The van der Waals surface area contributed by atoms with Gasteiger partial charge < -0.3 is 10.6 Å². The third-order valence-electron chi connectivity index (χ3n) is 2.71. The highest BCUT2D eigenvalue weighted by molar-refractivity contribution is 7.84. The van der Waals surface area contributed by atoms with Crippen LogP contribution in [0.3, 0.4) is 0 Å². The van der Waals surface area contributed by atoms with Crippen molar-refractivity contribution < 1.29 is 9.00 Å². The third kappa shape index (κ3) is 6.96. The predicted molar refractivity (Wildman–Crippen MR) is 81.0 cm³/mol. The van der Waals surface area contributed by atoms with Crippen molar-refractivity contribution in [3.8, 4) is 0 Å². The number of amides is 2. The first kappa shape index (κ1) is 15.7. The maximum Gasteiger partial charge on any atom is 0.319 e. The van der Waals surface area contributed by atoms with E-state index < -0.39 is 10.8 Å². The monoisotopic (exact) mass is 282 g/mol. The van der Waals surface area contributed by atoms with Crippen molar-refractivity contribution in [2.45, 2.75) is 26.2 Å². The fourth-order valence-electron chi connectivity index (χ4n) is 1.62. The Morgan fingerprint density at radius 1 is 1.26 bits per heavy atom. The van der Waals surface area contributed by atoms with E-state index in [0.717, 1.165) is 12.1 Å². The molecular formula is C14H22N2O2S. The topological polar surface area (TPSA) is 58.2 Å². The van der Waals surface area contributed by atoms with Gasteiger partial charge in [-0.05, 0) is 30.5 Å². The zero-order valence-corrected chi connectivity index (χ0v) is 12.4. The molecule has 1 aromatic carbocycles. The molecule has 0 saturated carbocycles. The first-order valence-electron chi connectivity index (χ1n) is 6.55. The van der Waals surface area contributed by atoms with Crippen molar-refractivity contribution in [2.75, 3.05) is 23.9 Å². The van der Waals surface area contributed by atoms with E-state index in [-0.39, 0.29) is 6.03 Å². The number of hydrogen-bond acceptors (Lipinski definition) is 2. The van der Waals surface area contributed by atoms with E-state index in [1.54, 1.807) is 6.26 Å². The second-order valence-electron chi connectivity index (χ2n) is 4.46. The van der Waals surface area contributed by atoms with Gasteiger partial charge in [0.1, 0.15) is 0 Å². The van der Waals surface area contributed by atoms with Crippen molar-refractivity contribution in [1.29, 1.82) is 0 Å². The summed E-state index contributed by atoms with van der Waals surface area (Å²) >= 11 is 0. The maximum atomic E-state index is 11.5. The van der Waals surface area contributed by atoms with Gasteiger partial charge in [-0.15, -0.1) is 0 Å². The van der Waals surface area contributed by atoms with Crippen LogP contribution in [0.4, 0.5) is 10.5 Å². The summed E-state index contributed by atoms with van der Waals surface area (Å²) in [6.07, 6.45) is 5.06. The van der Waals surface area contributed by atoms with E-state index in [0.29, 0.717) is 12.3 Å². The Hall–Kier alpha value is -1.36. The second kappa shape index (κ2) is 8.69. The van der Waals surface area contributed by atoms with Crippen LogP contribution in [0.2, 0.25) is 0 Å². The predicted octanol–water partition coefficient (Wildman–Crippen LogP) is 2.53. The Morgan fingerprint density at radius 2 is 1.95 bits per heavy atom. The fourth-order valence-corrected chi connectivity index (χ4v) is 2.01. The van der Waals surface area contributed by atoms with Gasteiger partial charge in [0.2, 0.25) is 0 Å². The van der Waals surface area contributed by atoms with Crippen LogP contribution in [0.15, 0.2) is 24.3 Å². The summed E-state index contributed by atoms with van der Waals surface area (Å²) in [4.78, 5) is 11.5. The van der Waals surface area contributed by atoms with Crippen LogP contribution in [-0.2, 0) is 17.2 Å². The standard InChI is InChI=1S/C14H22N2O2S/c1-3-4-5-12-6-8-13(9-7-12)16-14(17)15-10-11-19(2)18/h6-9H,3-5,10-11H2,1-2H3,(H2,15,16,17)/t19-/m0/s1. The molecule has 0 bridgehead atoms. The first-order chi connectivity index (χ1) is 9.11. The molecular weight excluding hydrogens is 260 g/mol. The van der Waals surface area contributed by atoms with Gasteiger partial charge >= 0.3 is 6.03 Å². The summed E-state index contributed by atoms with van der Waals surface area (Å²) in [6.45, 7) is 2.59. The number of benzene rings is 1. The van der Waals surface area contributed by atoms with Crippen molar-refractivity contribution in [1.82, 2.24) is 5.32 Å². The molecule has 1 aromatic rings. The number of carbonyl (C=O) groups is 1. The van der Waals surface area contributed by atoms with Crippen molar-refractivity contribution >= 4 is 22.5 Å². The number of nitrogens with one attached hydrogen (secondary N) is 2. The van der Waals surface area contributed by atoms with Gasteiger partial charge in [0.15, 0.2) is 0 Å². The molecule has 1 rings (SSSR count). The lowest BCUT2D eigenvalue weighted by Gasteiger charge is -2.07. The average molecular weight is 282 g/mol. The number of rotatable bonds is 7. The van der Waals surface area contributed by atoms with Gasteiger partial charge in [0.25, 0.3) is 0 Å². The van der Waals surface area contributed by atoms with Crippen LogP contribution in [0, 0.1) is 0 Å². The van der Waals surface area contributed by atoms with E-state index in [9.17, 15) is 9.00 Å². The van der Waals surface area contributed by atoms with Crippen LogP contribution in [0.25, 0.3) is 0 Å². The molecule has 19 heavy (non-hydrogen) atoms. The molecule has 0 aliphatic carbocycles. The third-order valence-corrected chi connectivity index (χ3v) is 3.48. The minimum Gasteiger partial charge on any atom is -0.337 e. The van der Waals surface area contributed by atoms with Crippen LogP contribution in [0.5, 0.6) is 0 Å². The molecule has 0 saturated heterocycles. The molecule has 0 unspecified atom stereocenters. The Bertz CT molecular complexity index is 418. The highest BCUT2D eigenvalue weighted by Gasteiger charge is 2.01. The Kier molecular flexibility index (Phi) is 7.18. The highest BCUT2D eigenvalue weighted by Crippen LogP contribution is 2.11. The van der Waals surface area contributed by atoms with Crippen LogP contribution in [-0.4, -0.2) is 28.8 Å². The zero-order valence-electron chi connectivity index (χ0n) is 11.6. The average Bonchev–Trinajstić information content (AvgIpc) is 2.37. The van der Waals surface area contributed by atoms with Gasteiger partial charge in [-0.2, -0.15) is 0 Å². The van der Waals surface area contributed by atoms with Crippen molar-refractivity contribution in [3.63, 3.8) is 0 Å². The molecule has 0 aliphatic rings. The lowest BCUT2D eigenvalue weighted by atomic mass is 10.1. The van der Waals surface area contributed by atoms with Gasteiger partial charge in [-0.1, -0.05) is 25.5 Å². The molecule has 0 radical (unpaired) electrons. The van der Waals surface area contributed by atoms with Gasteiger partial charge in [0.05, 0.1) is 0 Å². The molecule has 0 aliphatic heterocycles. The second-order valence-corrected chi connectivity index (χ2v) is 6.01. The molecule has 4 nitrogen and oxygen atoms in total. The molecule has 0 spiro atoms. The van der Waals surface area contributed by atoms with Crippen LogP contribution in [0.1, 0.15) is 25.3 Å². The fraction of sp³-hybridized carbons (Fsp3) is 0.500. The van der Waals surface area contributed by atoms with E-state index in [2.05, 4.69) is 17.6 Å². The first-order valence-corrected chi connectivity index (χ1v) is 8.28. The summed E-state index contributed by atoms with van der Waals surface area (Å²) < 4.78 is 10.8. The smallest absolute Gasteiger partial charge is 0.319 e. The minimum atomic E-state index is -0.877.